The van der Waals surface area contributed by atoms with E-state index in [2.05, 4.69) is 12.2 Å². The molecule has 0 aliphatic rings. The van der Waals surface area contributed by atoms with Crippen LogP contribution in [0.4, 0.5) is 0 Å². The summed E-state index contributed by atoms with van der Waals surface area (Å²) in [6.45, 7) is 3.07. The van der Waals surface area contributed by atoms with E-state index in [4.69, 9.17) is 0 Å². The van der Waals surface area contributed by atoms with E-state index in [9.17, 15) is 9.59 Å². The van der Waals surface area contributed by atoms with E-state index in [0.717, 1.165) is 19.3 Å². The summed E-state index contributed by atoms with van der Waals surface area (Å²) in [5.41, 5.74) is 0. The van der Waals surface area contributed by atoms with Crippen LogP contribution in [0.25, 0.3) is 0 Å². The largest absolute Gasteiger partial charge is 0.341 e. The number of unbranched alkanes of at least 4 members (excludes halogenated alkanes) is 1. The van der Waals surface area contributed by atoms with E-state index in [1.54, 1.807) is 0 Å². The predicted molar refractivity (Wildman–Crippen MR) is 41.7 cm³/mol. The lowest BCUT2D eigenvalue weighted by Crippen LogP contribution is -2.33. The van der Waals surface area contributed by atoms with Gasteiger partial charge in [0.25, 0.3) is 0 Å². The van der Waals surface area contributed by atoms with Gasteiger partial charge in [0.05, 0.1) is 6.67 Å². The Balaban J connectivity index is 3.40. The van der Waals surface area contributed by atoms with Crippen molar-refractivity contribution in [3.05, 3.63) is 0 Å². The fraction of sp³-hybridized carbons (Fsp3) is 0.714. The Kier molecular flexibility index (Phi) is 6.37. The van der Waals surface area contributed by atoms with Crippen LogP contribution in [-0.4, -0.2) is 30.9 Å². The van der Waals surface area contributed by atoms with Gasteiger partial charge in [-0.25, -0.2) is 0 Å². The monoisotopic (exact) mass is 158 g/mol. The predicted octanol–water partition coefficient (Wildman–Crippen LogP) is -0.0516. The van der Waals surface area contributed by atoms with Crippen molar-refractivity contribution in [1.82, 2.24) is 10.2 Å². The van der Waals surface area contributed by atoms with Gasteiger partial charge < -0.3 is 10.2 Å². The van der Waals surface area contributed by atoms with E-state index < -0.39 is 0 Å². The lowest BCUT2D eigenvalue weighted by atomic mass is 10.3. The first-order valence-corrected chi connectivity index (χ1v) is 3.71. The molecule has 4 nitrogen and oxygen atoms in total. The summed E-state index contributed by atoms with van der Waals surface area (Å²) < 4.78 is 0. The Morgan fingerprint density at radius 2 is 2.18 bits per heavy atom. The average Bonchev–Trinajstić information content (AvgIpc) is 2.05. The first-order chi connectivity index (χ1) is 5.35. The van der Waals surface area contributed by atoms with Crippen LogP contribution in [0.2, 0.25) is 0 Å². The fourth-order valence-electron chi connectivity index (χ4n) is 0.685. The second kappa shape index (κ2) is 7.05. The summed E-state index contributed by atoms with van der Waals surface area (Å²) in [7, 11) is 0. The Morgan fingerprint density at radius 3 is 2.64 bits per heavy atom. The van der Waals surface area contributed by atoms with Crippen molar-refractivity contribution in [3.63, 3.8) is 0 Å². The van der Waals surface area contributed by atoms with E-state index in [0.29, 0.717) is 19.6 Å². The number of hydrogen-bond acceptors (Lipinski definition) is 2. The lowest BCUT2D eigenvalue weighted by molar-refractivity contribution is -0.119. The van der Waals surface area contributed by atoms with Crippen molar-refractivity contribution >= 4 is 12.8 Å². The van der Waals surface area contributed by atoms with Gasteiger partial charge in [-0.3, -0.25) is 9.59 Å². The number of nitrogens with zero attached hydrogens (tertiary/aromatic N) is 1. The van der Waals surface area contributed by atoms with Crippen LogP contribution in [0, 0.1) is 0 Å². The van der Waals surface area contributed by atoms with Crippen LogP contribution < -0.4 is 5.32 Å². The number of carbonyl (C=O) groups is 2. The van der Waals surface area contributed by atoms with E-state index in [-0.39, 0.29) is 0 Å². The van der Waals surface area contributed by atoms with Crippen LogP contribution >= 0.6 is 0 Å². The van der Waals surface area contributed by atoms with Crippen molar-refractivity contribution in [3.8, 4) is 0 Å². The smallest absolute Gasteiger partial charge is 0.211 e. The topological polar surface area (TPSA) is 49.4 Å². The van der Waals surface area contributed by atoms with Crippen LogP contribution in [0.15, 0.2) is 0 Å². The standard InChI is InChI=1S/C7H14N2O2/c1-2-3-4-9(7-11)5-8-6-10/h6-7H,2-5H2,1H3,(H,8,10). The molecule has 0 fully saturated rings. The molecule has 0 saturated carbocycles. The van der Waals surface area contributed by atoms with E-state index >= 15 is 0 Å². The Labute approximate surface area is 66.6 Å². The molecule has 0 bridgehead atoms. The summed E-state index contributed by atoms with van der Waals surface area (Å²) in [5.74, 6) is 0. The number of carbonyl (C=O) groups excluding carboxylic acids is 2. The number of hydrogen-bond donors (Lipinski definition) is 1. The molecule has 0 saturated heterocycles. The van der Waals surface area contributed by atoms with Crippen molar-refractivity contribution < 1.29 is 9.59 Å². The van der Waals surface area contributed by atoms with Gasteiger partial charge in [-0.15, -0.1) is 0 Å². The third-order valence-corrected chi connectivity index (χ3v) is 1.33. The third kappa shape index (κ3) is 5.39. The highest BCUT2D eigenvalue weighted by atomic mass is 16.1. The van der Waals surface area contributed by atoms with Crippen molar-refractivity contribution in [2.45, 2.75) is 19.8 Å². The molecule has 1 N–H and O–H groups in total. The summed E-state index contributed by atoms with van der Waals surface area (Å²) in [6, 6.07) is 0. The Hall–Kier alpha value is -1.06. The number of nitrogens with one attached hydrogen (secondary N) is 1. The SMILES string of the molecule is CCCCN(C=O)CNC=O. The molecule has 64 valence electrons. The van der Waals surface area contributed by atoms with Crippen LogP contribution in [-0.2, 0) is 9.59 Å². The molecule has 0 spiro atoms. The first kappa shape index (κ1) is 9.94. The van der Waals surface area contributed by atoms with Gasteiger partial charge in [0.15, 0.2) is 0 Å². The molecule has 4 heteroatoms. The van der Waals surface area contributed by atoms with Crippen LogP contribution in [0.3, 0.4) is 0 Å². The minimum atomic E-state index is 0.312. The molecule has 0 heterocycles. The highest BCUT2D eigenvalue weighted by Crippen LogP contribution is 1.89. The molecule has 2 amide bonds. The molecule has 0 unspecified atom stereocenters. The Bertz CT molecular complexity index is 117. The maximum atomic E-state index is 10.3. The number of amides is 2. The maximum Gasteiger partial charge on any atom is 0.211 e. The second-order valence-corrected chi connectivity index (χ2v) is 2.25. The van der Waals surface area contributed by atoms with Crippen molar-refractivity contribution in [2.75, 3.05) is 13.2 Å². The normalized spacial score (nSPS) is 8.82. The van der Waals surface area contributed by atoms with Gasteiger partial charge >= 0.3 is 0 Å². The molecule has 0 radical (unpaired) electrons. The fourth-order valence-corrected chi connectivity index (χ4v) is 0.685. The lowest BCUT2D eigenvalue weighted by Gasteiger charge is -2.15. The summed E-state index contributed by atoms with van der Waals surface area (Å²) >= 11 is 0. The first-order valence-electron chi connectivity index (χ1n) is 3.71. The zero-order chi connectivity index (χ0) is 8.53. The van der Waals surface area contributed by atoms with Gasteiger partial charge in [0.2, 0.25) is 12.8 Å². The average molecular weight is 158 g/mol. The van der Waals surface area contributed by atoms with E-state index in [1.807, 2.05) is 0 Å². The quantitative estimate of drug-likeness (QED) is 0.417. The summed E-state index contributed by atoms with van der Waals surface area (Å²) in [6.07, 6.45) is 3.35. The van der Waals surface area contributed by atoms with Crippen LogP contribution in [0.5, 0.6) is 0 Å². The molecule has 0 rings (SSSR count). The highest BCUT2D eigenvalue weighted by molar-refractivity contribution is 5.49. The maximum absolute atomic E-state index is 10.3. The Morgan fingerprint density at radius 1 is 1.45 bits per heavy atom. The second-order valence-electron chi connectivity index (χ2n) is 2.25. The van der Waals surface area contributed by atoms with Gasteiger partial charge in [-0.05, 0) is 6.42 Å². The minimum absolute atomic E-state index is 0.312. The third-order valence-electron chi connectivity index (χ3n) is 1.33. The minimum Gasteiger partial charge on any atom is -0.341 e. The molecule has 0 aliphatic carbocycles. The molecule has 0 aromatic rings. The molecular weight excluding hydrogens is 144 g/mol. The highest BCUT2D eigenvalue weighted by Gasteiger charge is 1.97. The summed E-state index contributed by atoms with van der Waals surface area (Å²) in [4.78, 5) is 21.7. The van der Waals surface area contributed by atoms with Gasteiger partial charge in [0, 0.05) is 6.54 Å². The molecular formula is C7H14N2O2. The van der Waals surface area contributed by atoms with Gasteiger partial charge in [-0.1, -0.05) is 13.3 Å². The van der Waals surface area contributed by atoms with Gasteiger partial charge in [0.1, 0.15) is 0 Å². The zero-order valence-corrected chi connectivity index (χ0v) is 6.75. The molecule has 0 aromatic carbocycles. The van der Waals surface area contributed by atoms with Gasteiger partial charge in [-0.2, -0.15) is 0 Å². The van der Waals surface area contributed by atoms with Crippen molar-refractivity contribution in [2.24, 2.45) is 0 Å². The zero-order valence-electron chi connectivity index (χ0n) is 6.75. The van der Waals surface area contributed by atoms with Crippen molar-refractivity contribution in [1.29, 1.82) is 0 Å². The molecule has 0 aromatic heterocycles. The molecule has 11 heavy (non-hydrogen) atoms. The number of rotatable bonds is 7. The summed E-state index contributed by atoms with van der Waals surface area (Å²) in [5, 5.41) is 2.42. The molecule has 0 aliphatic heterocycles. The van der Waals surface area contributed by atoms with Crippen LogP contribution in [0.1, 0.15) is 19.8 Å². The van der Waals surface area contributed by atoms with E-state index in [1.165, 1.54) is 4.90 Å². The molecule has 0 atom stereocenters.